The number of nitrogens with zero attached hydrogens (tertiary/aromatic N) is 7. The number of nitrogens with one attached hydrogen (secondary N) is 1. The van der Waals surface area contributed by atoms with Gasteiger partial charge in [0.2, 0.25) is 5.95 Å². The molecule has 0 amide bonds. The first-order valence-electron chi connectivity index (χ1n) is 8.42. The van der Waals surface area contributed by atoms with Crippen LogP contribution >= 0.6 is 0 Å². The zero-order valence-corrected chi connectivity index (χ0v) is 15.1. The number of fused-ring (bicyclic) bond motifs is 1. The van der Waals surface area contributed by atoms with E-state index in [1.165, 1.54) is 0 Å². The highest BCUT2D eigenvalue weighted by Crippen LogP contribution is 2.29. The van der Waals surface area contributed by atoms with Crippen molar-refractivity contribution in [1.29, 1.82) is 0 Å². The lowest BCUT2D eigenvalue weighted by Crippen LogP contribution is -2.24. The molecule has 0 bridgehead atoms. The summed E-state index contributed by atoms with van der Waals surface area (Å²) in [6, 6.07) is 0. The molecule has 1 saturated heterocycles. The molecule has 9 nitrogen and oxygen atoms in total. The fraction of sp³-hybridized carbons (Fsp3) is 0.500. The predicted molar refractivity (Wildman–Crippen MR) is 94.8 cm³/mol. The second-order valence-corrected chi connectivity index (χ2v) is 6.64. The minimum atomic E-state index is -0.881. The number of imidazole rings is 1. The third-order valence-electron chi connectivity index (χ3n) is 4.57. The standard InChI is InChI=1S/C16H21FN8O/c1-9-6-24(7-11(9)17)16-20-13(14-18-5-10(2)25(14)22-16)19-12-8-23(3)21-15(12)26-4/h5,8-9,11H,6-7H2,1-4H3,(H,19,20,22)/t9-,11-/m1/s1. The average Bonchev–Trinajstić information content (AvgIpc) is 3.26. The molecule has 0 spiro atoms. The first kappa shape index (κ1) is 16.6. The largest absolute Gasteiger partial charge is 0.478 e. The molecule has 1 aliphatic rings. The molecular formula is C16H21FN8O. The lowest BCUT2D eigenvalue weighted by Gasteiger charge is -2.17. The summed E-state index contributed by atoms with van der Waals surface area (Å²) in [7, 11) is 3.36. The van der Waals surface area contributed by atoms with Crippen LogP contribution in [0.2, 0.25) is 0 Å². The van der Waals surface area contributed by atoms with Crippen molar-refractivity contribution in [3.05, 3.63) is 18.1 Å². The molecule has 1 fully saturated rings. The molecule has 1 aliphatic heterocycles. The lowest BCUT2D eigenvalue weighted by atomic mass is 10.1. The molecule has 4 heterocycles. The molecule has 26 heavy (non-hydrogen) atoms. The lowest BCUT2D eigenvalue weighted by molar-refractivity contribution is 0.299. The molecule has 138 valence electrons. The van der Waals surface area contributed by atoms with Gasteiger partial charge in [-0.15, -0.1) is 10.2 Å². The summed E-state index contributed by atoms with van der Waals surface area (Å²) in [6.45, 7) is 4.67. The molecule has 3 aromatic heterocycles. The molecule has 10 heteroatoms. The van der Waals surface area contributed by atoms with Gasteiger partial charge in [-0.3, -0.25) is 4.68 Å². The zero-order valence-electron chi connectivity index (χ0n) is 15.1. The van der Waals surface area contributed by atoms with Crippen LogP contribution in [0.5, 0.6) is 5.88 Å². The predicted octanol–water partition coefficient (Wildman–Crippen LogP) is 1.71. The average molecular weight is 360 g/mol. The molecule has 3 aromatic rings. The second-order valence-electron chi connectivity index (χ2n) is 6.64. The first-order chi connectivity index (χ1) is 12.5. The fourth-order valence-electron chi connectivity index (χ4n) is 3.12. The van der Waals surface area contributed by atoms with E-state index in [4.69, 9.17) is 4.74 Å². The third kappa shape index (κ3) is 2.71. The van der Waals surface area contributed by atoms with Crippen LogP contribution in [0.1, 0.15) is 12.6 Å². The molecule has 1 N–H and O–H groups in total. The van der Waals surface area contributed by atoms with Gasteiger partial charge in [-0.05, 0) is 6.92 Å². The van der Waals surface area contributed by atoms with Crippen LogP contribution in [0.4, 0.5) is 21.8 Å². The number of hydrogen-bond acceptors (Lipinski definition) is 7. The Morgan fingerprint density at radius 2 is 2.12 bits per heavy atom. The van der Waals surface area contributed by atoms with E-state index in [1.807, 2.05) is 18.7 Å². The van der Waals surface area contributed by atoms with Crippen molar-refractivity contribution in [2.45, 2.75) is 20.0 Å². The summed E-state index contributed by atoms with van der Waals surface area (Å²) >= 11 is 0. The van der Waals surface area contributed by atoms with Crippen molar-refractivity contribution in [1.82, 2.24) is 29.4 Å². The highest BCUT2D eigenvalue weighted by molar-refractivity contribution is 5.72. The summed E-state index contributed by atoms with van der Waals surface area (Å²) in [4.78, 5) is 10.9. The summed E-state index contributed by atoms with van der Waals surface area (Å²) in [5, 5.41) is 12.0. The van der Waals surface area contributed by atoms with Crippen molar-refractivity contribution < 1.29 is 9.13 Å². The number of halogens is 1. The maximum atomic E-state index is 14.0. The van der Waals surface area contributed by atoms with Gasteiger partial charge in [0.1, 0.15) is 11.9 Å². The minimum absolute atomic E-state index is 0.0481. The topological polar surface area (TPSA) is 85.4 Å². The van der Waals surface area contributed by atoms with Crippen LogP contribution in [-0.4, -0.2) is 55.7 Å². The van der Waals surface area contributed by atoms with Gasteiger partial charge in [0.05, 0.1) is 31.7 Å². The van der Waals surface area contributed by atoms with Crippen LogP contribution in [-0.2, 0) is 7.05 Å². The maximum absolute atomic E-state index is 14.0. The Bertz CT molecular complexity index is 941. The highest BCUT2D eigenvalue weighted by atomic mass is 19.1. The van der Waals surface area contributed by atoms with Crippen LogP contribution < -0.4 is 15.0 Å². The van der Waals surface area contributed by atoms with Crippen molar-refractivity contribution in [3.8, 4) is 5.88 Å². The number of hydrogen-bond donors (Lipinski definition) is 1. The van der Waals surface area contributed by atoms with Crippen LogP contribution in [0, 0.1) is 12.8 Å². The number of aryl methyl sites for hydroxylation is 2. The Morgan fingerprint density at radius 3 is 2.81 bits per heavy atom. The highest BCUT2D eigenvalue weighted by Gasteiger charge is 2.31. The van der Waals surface area contributed by atoms with Gasteiger partial charge in [0.15, 0.2) is 11.5 Å². The van der Waals surface area contributed by atoms with E-state index in [0.717, 1.165) is 5.69 Å². The summed E-state index contributed by atoms with van der Waals surface area (Å²) < 4.78 is 22.6. The Morgan fingerprint density at radius 1 is 1.31 bits per heavy atom. The van der Waals surface area contributed by atoms with Gasteiger partial charge < -0.3 is 15.0 Å². The number of rotatable bonds is 4. The van der Waals surface area contributed by atoms with Gasteiger partial charge in [0.25, 0.3) is 5.88 Å². The molecule has 0 aliphatic carbocycles. The maximum Gasteiger partial charge on any atom is 0.256 e. The number of anilines is 3. The van der Waals surface area contributed by atoms with Crippen molar-refractivity contribution >= 4 is 23.1 Å². The number of aromatic nitrogens is 6. The molecule has 0 unspecified atom stereocenters. The number of alkyl halides is 1. The molecular weight excluding hydrogens is 339 g/mol. The van der Waals surface area contributed by atoms with Crippen molar-refractivity contribution in [2.24, 2.45) is 13.0 Å². The summed E-state index contributed by atoms with van der Waals surface area (Å²) in [5.41, 5.74) is 2.12. The summed E-state index contributed by atoms with van der Waals surface area (Å²) in [5.74, 6) is 1.39. The smallest absolute Gasteiger partial charge is 0.256 e. The van der Waals surface area contributed by atoms with Gasteiger partial charge in [0, 0.05) is 19.5 Å². The quantitative estimate of drug-likeness (QED) is 0.758. The van der Waals surface area contributed by atoms with Crippen molar-refractivity contribution in [2.75, 3.05) is 30.4 Å². The minimum Gasteiger partial charge on any atom is -0.478 e. The zero-order chi connectivity index (χ0) is 18.4. The summed E-state index contributed by atoms with van der Waals surface area (Å²) in [6.07, 6.45) is 2.64. The van der Waals surface area contributed by atoms with E-state index in [0.29, 0.717) is 35.5 Å². The third-order valence-corrected chi connectivity index (χ3v) is 4.57. The van der Waals surface area contributed by atoms with E-state index < -0.39 is 6.17 Å². The molecule has 0 saturated carbocycles. The van der Waals surface area contributed by atoms with E-state index in [2.05, 4.69) is 25.5 Å². The van der Waals surface area contributed by atoms with Gasteiger partial charge in [-0.1, -0.05) is 6.92 Å². The van der Waals surface area contributed by atoms with Crippen LogP contribution in [0.3, 0.4) is 0 Å². The second kappa shape index (κ2) is 6.11. The normalized spacial score (nSPS) is 20.1. The number of ether oxygens (including phenoxy) is 1. The fourth-order valence-corrected chi connectivity index (χ4v) is 3.12. The Kier molecular flexibility index (Phi) is 3.89. The molecule has 0 radical (unpaired) electrons. The SMILES string of the molecule is COc1nn(C)cc1Nc1nc(N2C[C@@H](C)[C@H](F)C2)nn2c(C)cnc12. The molecule has 2 atom stereocenters. The van der Waals surface area contributed by atoms with Gasteiger partial charge in [-0.25, -0.2) is 13.9 Å². The Labute approximate surface area is 149 Å². The van der Waals surface area contributed by atoms with Gasteiger partial charge >= 0.3 is 0 Å². The van der Waals surface area contributed by atoms with E-state index in [9.17, 15) is 4.39 Å². The van der Waals surface area contributed by atoms with Crippen LogP contribution in [0.15, 0.2) is 12.4 Å². The molecule has 4 rings (SSSR count). The Hall–Kier alpha value is -2.91. The van der Waals surface area contributed by atoms with E-state index in [1.54, 1.807) is 35.7 Å². The monoisotopic (exact) mass is 360 g/mol. The molecule has 0 aromatic carbocycles. The first-order valence-corrected chi connectivity index (χ1v) is 8.42. The number of methoxy groups -OCH3 is 1. The van der Waals surface area contributed by atoms with E-state index in [-0.39, 0.29) is 12.5 Å². The van der Waals surface area contributed by atoms with E-state index >= 15 is 0 Å². The van der Waals surface area contributed by atoms with Crippen molar-refractivity contribution in [3.63, 3.8) is 0 Å². The van der Waals surface area contributed by atoms with Gasteiger partial charge in [-0.2, -0.15) is 4.98 Å². The Balaban J connectivity index is 1.78. The van der Waals surface area contributed by atoms with Crippen LogP contribution in [0.25, 0.3) is 5.65 Å².